The summed E-state index contributed by atoms with van der Waals surface area (Å²) in [5.74, 6) is 1.40. The molecule has 0 bridgehead atoms. The number of para-hydroxylation sites is 1. The summed E-state index contributed by atoms with van der Waals surface area (Å²) in [6.07, 6.45) is -0.389. The molecule has 0 radical (unpaired) electrons. The van der Waals surface area contributed by atoms with E-state index in [0.29, 0.717) is 5.84 Å². The van der Waals surface area contributed by atoms with E-state index < -0.39 is 0 Å². The lowest BCUT2D eigenvalue weighted by Crippen LogP contribution is -2.33. The quantitative estimate of drug-likeness (QED) is 0.184. The zero-order valence-electron chi connectivity index (χ0n) is 30.0. The highest BCUT2D eigenvalue weighted by molar-refractivity contribution is 6.24. The van der Waals surface area contributed by atoms with Gasteiger partial charge in [-0.05, 0) is 91.5 Å². The number of nitrogens with zero attached hydrogens (tertiary/aromatic N) is 2. The van der Waals surface area contributed by atoms with Gasteiger partial charge in [0.1, 0.15) is 34.3 Å². The number of hydrogen-bond donors (Lipinski definition) is 1. The van der Waals surface area contributed by atoms with Gasteiger partial charge in [0.15, 0.2) is 5.84 Å². The second kappa shape index (κ2) is 12.0. The number of hydrogen-bond acceptors (Lipinski definition) is 5. The summed E-state index contributed by atoms with van der Waals surface area (Å²) in [6, 6.07) is 61.6. The van der Waals surface area contributed by atoms with Crippen molar-refractivity contribution in [2.75, 3.05) is 0 Å². The summed E-state index contributed by atoms with van der Waals surface area (Å²) in [4.78, 5) is 10.7. The van der Waals surface area contributed by atoms with E-state index in [4.69, 9.17) is 18.8 Å². The number of aliphatic imine (C=N–C) groups is 2. The first-order chi connectivity index (χ1) is 27.7. The summed E-state index contributed by atoms with van der Waals surface area (Å²) < 4.78 is 13.2. The van der Waals surface area contributed by atoms with Gasteiger partial charge in [0, 0.05) is 32.7 Å². The van der Waals surface area contributed by atoms with Crippen LogP contribution < -0.4 is 5.32 Å². The van der Waals surface area contributed by atoms with E-state index in [1.54, 1.807) is 0 Å². The molecule has 2 aromatic heterocycles. The Morgan fingerprint density at radius 2 is 1.11 bits per heavy atom. The molecule has 56 heavy (non-hydrogen) atoms. The van der Waals surface area contributed by atoms with Crippen LogP contribution in [0.15, 0.2) is 195 Å². The molecule has 1 aliphatic rings. The third-order valence-corrected chi connectivity index (χ3v) is 11.3. The maximum atomic E-state index is 6.65. The van der Waals surface area contributed by atoms with Crippen molar-refractivity contribution in [3.8, 4) is 11.1 Å². The van der Waals surface area contributed by atoms with Gasteiger partial charge < -0.3 is 14.2 Å². The van der Waals surface area contributed by atoms with E-state index in [-0.39, 0.29) is 6.17 Å². The van der Waals surface area contributed by atoms with Gasteiger partial charge in [-0.3, -0.25) is 0 Å². The van der Waals surface area contributed by atoms with E-state index in [9.17, 15) is 0 Å². The summed E-state index contributed by atoms with van der Waals surface area (Å²) >= 11 is 0. The Morgan fingerprint density at radius 3 is 2.00 bits per heavy atom. The predicted octanol–water partition coefficient (Wildman–Crippen LogP) is 13.1. The Hall–Kier alpha value is -7.50. The van der Waals surface area contributed by atoms with Crippen molar-refractivity contribution < 1.29 is 8.83 Å². The summed E-state index contributed by atoms with van der Waals surface area (Å²) in [6.45, 7) is 0. The Balaban J connectivity index is 1.10. The first-order valence-corrected chi connectivity index (χ1v) is 18.9. The molecule has 0 spiro atoms. The Morgan fingerprint density at radius 1 is 0.411 bits per heavy atom. The minimum absolute atomic E-state index is 0.389. The third-order valence-electron chi connectivity index (χ3n) is 11.3. The average Bonchev–Trinajstić information content (AvgIpc) is 3.83. The Labute approximate surface area is 320 Å². The van der Waals surface area contributed by atoms with Crippen LogP contribution in [-0.4, -0.2) is 11.7 Å². The van der Waals surface area contributed by atoms with Crippen LogP contribution in [0.5, 0.6) is 0 Å². The third kappa shape index (κ3) is 4.81. The van der Waals surface area contributed by atoms with Crippen molar-refractivity contribution in [2.24, 2.45) is 9.98 Å². The molecule has 0 saturated heterocycles. The molecule has 9 aromatic carbocycles. The van der Waals surface area contributed by atoms with Gasteiger partial charge in [0.25, 0.3) is 0 Å². The van der Waals surface area contributed by atoms with Crippen molar-refractivity contribution >= 4 is 87.9 Å². The van der Waals surface area contributed by atoms with Gasteiger partial charge in [-0.15, -0.1) is 0 Å². The fourth-order valence-electron chi connectivity index (χ4n) is 8.62. The van der Waals surface area contributed by atoms with Crippen LogP contribution in [0.4, 0.5) is 0 Å². The molecule has 1 N–H and O–H groups in total. The highest BCUT2D eigenvalue weighted by Gasteiger charge is 2.25. The van der Waals surface area contributed by atoms with Crippen molar-refractivity contribution in [1.82, 2.24) is 5.32 Å². The lowest BCUT2D eigenvalue weighted by Gasteiger charge is -2.24. The summed E-state index contributed by atoms with van der Waals surface area (Å²) in [5.41, 5.74) is 8.31. The van der Waals surface area contributed by atoms with Crippen molar-refractivity contribution in [2.45, 2.75) is 6.17 Å². The second-order valence-electron chi connectivity index (χ2n) is 14.6. The van der Waals surface area contributed by atoms with Gasteiger partial charge in [-0.25, -0.2) is 9.98 Å². The minimum Gasteiger partial charge on any atom is -0.456 e. The van der Waals surface area contributed by atoms with Gasteiger partial charge in [-0.1, -0.05) is 133 Å². The molecule has 1 atom stereocenters. The van der Waals surface area contributed by atoms with Crippen LogP contribution >= 0.6 is 0 Å². The lowest BCUT2D eigenvalue weighted by molar-refractivity contribution is 0.668. The molecule has 262 valence electrons. The fraction of sp³-hybridized carbons (Fsp3) is 0.0196. The number of furan rings is 2. The number of amidine groups is 2. The molecule has 0 amide bonds. The largest absolute Gasteiger partial charge is 0.456 e. The van der Waals surface area contributed by atoms with Crippen LogP contribution in [0.1, 0.15) is 22.9 Å². The second-order valence-corrected chi connectivity index (χ2v) is 14.6. The number of fused-ring (bicyclic) bond motifs is 10. The predicted molar refractivity (Wildman–Crippen MR) is 231 cm³/mol. The molecule has 0 fully saturated rings. The van der Waals surface area contributed by atoms with Crippen LogP contribution in [0.2, 0.25) is 0 Å². The zero-order valence-corrected chi connectivity index (χ0v) is 30.0. The van der Waals surface area contributed by atoms with Crippen LogP contribution in [0.3, 0.4) is 0 Å². The first kappa shape index (κ1) is 30.9. The fourth-order valence-corrected chi connectivity index (χ4v) is 8.62. The van der Waals surface area contributed by atoms with Crippen molar-refractivity contribution in [3.05, 3.63) is 193 Å². The highest BCUT2D eigenvalue weighted by Crippen LogP contribution is 2.42. The first-order valence-electron chi connectivity index (χ1n) is 18.9. The molecular weight excluding hydrogens is 687 g/mol. The van der Waals surface area contributed by atoms with E-state index >= 15 is 0 Å². The van der Waals surface area contributed by atoms with Crippen LogP contribution in [0.25, 0.3) is 87.3 Å². The van der Waals surface area contributed by atoms with Crippen molar-refractivity contribution in [3.63, 3.8) is 0 Å². The normalized spacial score (nSPS) is 14.6. The zero-order chi connectivity index (χ0) is 36.7. The van der Waals surface area contributed by atoms with E-state index in [1.165, 1.54) is 26.9 Å². The van der Waals surface area contributed by atoms with Gasteiger partial charge in [0.2, 0.25) is 0 Å². The Kier molecular flexibility index (Phi) is 6.63. The SMILES string of the molecule is c1ccc(C2=NC(c3cc(-c4cccc5oc6cc7ccccc7cc6c45)cc4oc5ccccc5c34)=NC(c3ccc4c(ccc5ccccc54)c3)N2)cc1. The van der Waals surface area contributed by atoms with Crippen molar-refractivity contribution in [1.29, 1.82) is 0 Å². The molecular formula is C51H31N3O2. The molecule has 3 heterocycles. The summed E-state index contributed by atoms with van der Waals surface area (Å²) in [7, 11) is 0. The molecule has 5 nitrogen and oxygen atoms in total. The molecule has 1 unspecified atom stereocenters. The van der Waals surface area contributed by atoms with Gasteiger partial charge in [-0.2, -0.15) is 0 Å². The standard InChI is InChI=1S/C51H31N3O2/c1-2-12-31(13-3-1)49-52-50(35-23-24-38-34(25-35)22-21-30-11-6-7-16-37(30)38)54-51(53-49)42-27-36(29-46-48(42)40-17-8-9-19-43(40)55-46)39-18-10-20-44-47(39)41-26-32-14-4-5-15-33(32)28-45(41)56-44/h1-29,50H,(H,52,53,54). The smallest absolute Gasteiger partial charge is 0.160 e. The van der Waals surface area contributed by atoms with Gasteiger partial charge in [0.05, 0.1) is 0 Å². The topological polar surface area (TPSA) is 63.0 Å². The lowest BCUT2D eigenvalue weighted by atomic mass is 9.94. The maximum absolute atomic E-state index is 6.65. The molecule has 1 aliphatic heterocycles. The van der Waals surface area contributed by atoms with Gasteiger partial charge >= 0.3 is 0 Å². The van der Waals surface area contributed by atoms with Crippen LogP contribution in [-0.2, 0) is 0 Å². The molecule has 12 rings (SSSR count). The number of benzene rings is 9. The average molecular weight is 718 g/mol. The molecule has 5 heteroatoms. The monoisotopic (exact) mass is 717 g/mol. The molecule has 11 aromatic rings. The molecule has 0 saturated carbocycles. The highest BCUT2D eigenvalue weighted by atomic mass is 16.3. The van der Waals surface area contributed by atoms with E-state index in [0.717, 1.165) is 82.9 Å². The maximum Gasteiger partial charge on any atom is 0.160 e. The number of rotatable bonds is 4. The van der Waals surface area contributed by atoms with E-state index in [2.05, 4.69) is 151 Å². The summed E-state index contributed by atoms with van der Waals surface area (Å²) in [5, 5.41) is 15.0. The van der Waals surface area contributed by atoms with Crippen LogP contribution in [0, 0.1) is 0 Å². The Bertz CT molecular complexity index is 3460. The molecule has 0 aliphatic carbocycles. The minimum atomic E-state index is -0.389. The van der Waals surface area contributed by atoms with E-state index in [1.807, 2.05) is 30.3 Å². The number of nitrogens with one attached hydrogen (secondary N) is 1.